The number of rotatable bonds is 4. The minimum absolute atomic E-state index is 0.723. The third kappa shape index (κ3) is 2.58. The summed E-state index contributed by atoms with van der Waals surface area (Å²) < 4.78 is 11.1. The van der Waals surface area contributed by atoms with Gasteiger partial charge in [-0.05, 0) is 0 Å². The topological polar surface area (TPSA) is 18.5 Å². The maximum absolute atomic E-state index is 5.54. The van der Waals surface area contributed by atoms with Gasteiger partial charge < -0.3 is 0 Å². The first-order valence-electron chi connectivity index (χ1n) is 7.32. The summed E-state index contributed by atoms with van der Waals surface area (Å²) in [6.07, 6.45) is 2.51. The summed E-state index contributed by atoms with van der Waals surface area (Å²) in [7, 11) is 3.42. The number of aryl methyl sites for hydroxylation is 1. The molecule has 3 heteroatoms. The van der Waals surface area contributed by atoms with Crippen LogP contribution in [0.5, 0.6) is 11.5 Å². The van der Waals surface area contributed by atoms with Crippen molar-refractivity contribution in [3.63, 3.8) is 0 Å². The third-order valence-electron chi connectivity index (χ3n) is 4.35. The molecule has 2 nitrogen and oxygen atoms in total. The molecule has 2 unspecified atom stereocenters. The van der Waals surface area contributed by atoms with Gasteiger partial charge in [-0.2, -0.15) is 0 Å². The molecule has 0 amide bonds. The normalized spacial score (nSPS) is 16.6. The van der Waals surface area contributed by atoms with Crippen LogP contribution in [0.2, 0.25) is 5.21 Å². The van der Waals surface area contributed by atoms with Gasteiger partial charge in [0.05, 0.1) is 0 Å². The molecular weight excluding hydrogens is 323 g/mol. The molecule has 0 saturated heterocycles. The molecule has 0 aromatic heterocycles. The van der Waals surface area contributed by atoms with Gasteiger partial charge >= 0.3 is 135 Å². The van der Waals surface area contributed by atoms with Crippen LogP contribution in [-0.2, 0) is 6.42 Å². The Labute approximate surface area is 135 Å². The average Bonchev–Trinajstić information content (AvgIpc) is 2.96. The van der Waals surface area contributed by atoms with Gasteiger partial charge in [0.1, 0.15) is 0 Å². The van der Waals surface area contributed by atoms with Crippen LogP contribution < -0.4 is 9.47 Å². The van der Waals surface area contributed by atoms with Crippen LogP contribution in [0.3, 0.4) is 0 Å². The summed E-state index contributed by atoms with van der Waals surface area (Å²) in [6.45, 7) is 0. The second-order valence-corrected chi connectivity index (χ2v) is 6.41. The van der Waals surface area contributed by atoms with E-state index in [0.717, 1.165) is 23.0 Å². The second-order valence-electron chi connectivity index (χ2n) is 5.42. The van der Waals surface area contributed by atoms with Crippen molar-refractivity contribution >= 4 is 16.9 Å². The van der Waals surface area contributed by atoms with Gasteiger partial charge in [0.2, 0.25) is 0 Å². The Morgan fingerprint density at radius 2 is 1.81 bits per heavy atom. The van der Waals surface area contributed by atoms with E-state index in [9.17, 15) is 0 Å². The van der Waals surface area contributed by atoms with Crippen LogP contribution in [0.25, 0.3) is 11.1 Å². The Morgan fingerprint density at radius 1 is 1.10 bits per heavy atom. The number of fused-ring (bicyclic) bond motifs is 1. The van der Waals surface area contributed by atoms with Gasteiger partial charge in [0, 0.05) is 0 Å². The van der Waals surface area contributed by atoms with Crippen LogP contribution >= 0.6 is 0 Å². The molecule has 3 rings (SSSR count). The monoisotopic (exact) mass is 344 g/mol. The van der Waals surface area contributed by atoms with Crippen LogP contribution in [0.1, 0.15) is 23.5 Å². The predicted octanol–water partition coefficient (Wildman–Crippen LogP) is 3.45. The van der Waals surface area contributed by atoms with E-state index in [1.54, 1.807) is 14.2 Å². The summed E-state index contributed by atoms with van der Waals surface area (Å²) in [6, 6.07) is 12.8. The third-order valence-corrected chi connectivity index (χ3v) is 5.54. The Bertz CT molecular complexity index is 629. The Morgan fingerprint density at radius 3 is 2.43 bits per heavy atom. The van der Waals surface area contributed by atoms with Crippen LogP contribution in [-0.4, -0.2) is 31.1 Å². The Hall–Kier alpha value is -1.40. The van der Waals surface area contributed by atoms with E-state index in [1.807, 2.05) is 35.1 Å². The molecule has 2 aromatic carbocycles. The molecule has 0 heterocycles. The van der Waals surface area contributed by atoms with E-state index in [2.05, 4.69) is 18.2 Å². The van der Waals surface area contributed by atoms with Crippen molar-refractivity contribution in [3.8, 4) is 22.6 Å². The number of methoxy groups -OCH3 is 2. The van der Waals surface area contributed by atoms with E-state index in [0.29, 0.717) is 0 Å². The molecule has 0 fully saturated rings. The zero-order chi connectivity index (χ0) is 14.8. The Balaban J connectivity index is 2.14. The molecule has 0 aliphatic heterocycles. The molecule has 2 atom stereocenters. The number of benzene rings is 2. The molecule has 2 aromatic rings. The van der Waals surface area contributed by atoms with Crippen molar-refractivity contribution in [1.82, 2.24) is 0 Å². The van der Waals surface area contributed by atoms with Crippen molar-refractivity contribution < 1.29 is 9.47 Å². The molecule has 1 aliphatic carbocycles. The van der Waals surface area contributed by atoms with Gasteiger partial charge in [-0.25, -0.2) is 0 Å². The zero-order valence-corrected chi connectivity index (χ0v) is 15.0. The minimum atomic E-state index is 0.723. The summed E-state index contributed by atoms with van der Waals surface area (Å²) in [5.41, 5.74) is 5.27. The van der Waals surface area contributed by atoms with Crippen LogP contribution in [0.4, 0.5) is 0 Å². The Kier molecular flexibility index (Phi) is 4.26. The van der Waals surface area contributed by atoms with Gasteiger partial charge in [0.15, 0.2) is 0 Å². The van der Waals surface area contributed by atoms with Crippen molar-refractivity contribution in [2.75, 3.05) is 14.2 Å². The second kappa shape index (κ2) is 6.15. The van der Waals surface area contributed by atoms with E-state index in [1.165, 1.54) is 34.7 Å². The quantitative estimate of drug-likeness (QED) is 0.791. The average molecular weight is 344 g/mol. The van der Waals surface area contributed by atoms with Gasteiger partial charge in [-0.3, -0.25) is 0 Å². The summed E-state index contributed by atoms with van der Waals surface area (Å²) >= 11 is 1.82. The van der Waals surface area contributed by atoms with Crippen LogP contribution in [0, 0.1) is 0 Å². The van der Waals surface area contributed by atoms with Crippen molar-refractivity contribution in [2.45, 2.75) is 24.0 Å². The molecule has 21 heavy (non-hydrogen) atoms. The van der Waals surface area contributed by atoms with E-state index < -0.39 is 0 Å². The fourth-order valence-electron chi connectivity index (χ4n) is 3.22. The van der Waals surface area contributed by atoms with E-state index >= 15 is 0 Å². The standard InChI is InChI=1S/C18H21AsO2/c1-20-16-4-3-5-17(21-2)18(16)13-8-6-12-7-9-14(11-19)15(12)10-13/h3-6,8,10,14H,7,9,11,19H2,1-2H3. The first kappa shape index (κ1) is 14.5. The van der Waals surface area contributed by atoms with Gasteiger partial charge in [-0.1, -0.05) is 0 Å². The predicted molar refractivity (Wildman–Crippen MR) is 89.4 cm³/mol. The van der Waals surface area contributed by atoms with Crippen molar-refractivity contribution in [1.29, 1.82) is 0 Å². The van der Waals surface area contributed by atoms with Gasteiger partial charge in [-0.15, -0.1) is 0 Å². The molecule has 0 saturated carbocycles. The number of ether oxygens (including phenoxy) is 2. The molecule has 110 valence electrons. The van der Waals surface area contributed by atoms with Crippen molar-refractivity contribution in [3.05, 3.63) is 47.5 Å². The zero-order valence-electron chi connectivity index (χ0n) is 12.6. The maximum atomic E-state index is 5.54. The summed E-state index contributed by atoms with van der Waals surface area (Å²) in [5, 5.41) is 1.27. The summed E-state index contributed by atoms with van der Waals surface area (Å²) in [4.78, 5) is 0. The first-order valence-corrected chi connectivity index (χ1v) is 9.04. The molecular formula is C18H21AsO2. The SMILES string of the molecule is COc1cccc(OC)c1-c1ccc2c(c1)C(C[AsH2])CC2. The summed E-state index contributed by atoms with van der Waals surface area (Å²) in [5.74, 6) is 2.45. The molecule has 0 bridgehead atoms. The molecule has 0 spiro atoms. The molecule has 0 radical (unpaired) electrons. The van der Waals surface area contributed by atoms with Crippen molar-refractivity contribution in [2.24, 2.45) is 0 Å². The van der Waals surface area contributed by atoms with E-state index in [4.69, 9.17) is 9.47 Å². The van der Waals surface area contributed by atoms with Gasteiger partial charge in [0.25, 0.3) is 0 Å². The fourth-order valence-corrected chi connectivity index (χ4v) is 4.25. The number of hydrogen-bond acceptors (Lipinski definition) is 2. The van der Waals surface area contributed by atoms with E-state index in [-0.39, 0.29) is 0 Å². The fraction of sp³-hybridized carbons (Fsp3) is 0.333. The number of hydrogen-bond donors (Lipinski definition) is 0. The molecule has 1 aliphatic rings. The first-order chi connectivity index (χ1) is 10.3. The molecule has 0 N–H and O–H groups in total. The van der Waals surface area contributed by atoms with Crippen LogP contribution in [0.15, 0.2) is 36.4 Å².